The fourth-order valence-corrected chi connectivity index (χ4v) is 2.40. The van der Waals surface area contributed by atoms with Crippen molar-refractivity contribution in [2.75, 3.05) is 0 Å². The summed E-state index contributed by atoms with van der Waals surface area (Å²) in [6.45, 7) is 1.99. The molecule has 2 heterocycles. The molecular weight excluding hydrogens is 246 g/mol. The third-order valence-corrected chi connectivity index (χ3v) is 3.42. The predicted molar refractivity (Wildman–Crippen MR) is 64.3 cm³/mol. The Hall–Kier alpha value is -1.39. The molecule has 0 amide bonds. The smallest absolute Gasteiger partial charge is 0.338 e. The van der Waals surface area contributed by atoms with E-state index in [2.05, 4.69) is 4.98 Å². The maximum Gasteiger partial charge on any atom is 0.338 e. The molecule has 0 bridgehead atoms. The number of halogens is 1. The van der Waals surface area contributed by atoms with Crippen molar-refractivity contribution in [1.82, 2.24) is 4.98 Å². The minimum Gasteiger partial charge on any atom is -0.478 e. The molecule has 16 heavy (non-hydrogen) atoms. The van der Waals surface area contributed by atoms with E-state index in [0.29, 0.717) is 5.69 Å². The van der Waals surface area contributed by atoms with Crippen LogP contribution < -0.4 is 0 Å². The number of pyridine rings is 1. The van der Waals surface area contributed by atoms with E-state index >= 15 is 0 Å². The SMILES string of the molecule is Cc1csc(-c2ccc(C(=O)O)c(Cl)n2)c1. The summed E-state index contributed by atoms with van der Waals surface area (Å²) in [6.07, 6.45) is 0. The molecule has 0 radical (unpaired) electrons. The molecule has 0 atom stereocenters. The number of nitrogens with zero attached hydrogens (tertiary/aromatic N) is 1. The fraction of sp³-hybridized carbons (Fsp3) is 0.0909. The second kappa shape index (κ2) is 4.23. The second-order valence-corrected chi connectivity index (χ2v) is 4.60. The van der Waals surface area contributed by atoms with Crippen molar-refractivity contribution in [2.45, 2.75) is 6.92 Å². The number of thiophene rings is 1. The summed E-state index contributed by atoms with van der Waals surface area (Å²) in [6, 6.07) is 5.13. The third-order valence-electron chi connectivity index (χ3n) is 2.06. The van der Waals surface area contributed by atoms with Gasteiger partial charge in [0.1, 0.15) is 5.15 Å². The summed E-state index contributed by atoms with van der Waals surface area (Å²) >= 11 is 7.35. The number of aryl methyl sites for hydroxylation is 1. The molecule has 0 fully saturated rings. The number of carboxylic acid groups (broad SMARTS) is 1. The largest absolute Gasteiger partial charge is 0.478 e. The quantitative estimate of drug-likeness (QED) is 0.834. The van der Waals surface area contributed by atoms with Gasteiger partial charge in [-0.3, -0.25) is 0 Å². The summed E-state index contributed by atoms with van der Waals surface area (Å²) < 4.78 is 0. The summed E-state index contributed by atoms with van der Waals surface area (Å²) in [5.74, 6) is -1.06. The Balaban J connectivity index is 2.45. The monoisotopic (exact) mass is 253 g/mol. The second-order valence-electron chi connectivity index (χ2n) is 3.33. The van der Waals surface area contributed by atoms with Crippen LogP contribution >= 0.6 is 22.9 Å². The molecule has 0 aliphatic carbocycles. The first-order valence-corrected chi connectivity index (χ1v) is 5.79. The lowest BCUT2D eigenvalue weighted by atomic mass is 10.2. The first-order valence-electron chi connectivity index (χ1n) is 4.53. The Bertz CT molecular complexity index is 551. The van der Waals surface area contributed by atoms with Gasteiger partial charge in [0.15, 0.2) is 0 Å². The minimum absolute atomic E-state index is 0.0241. The maximum atomic E-state index is 10.8. The van der Waals surface area contributed by atoms with E-state index in [0.717, 1.165) is 10.4 Å². The van der Waals surface area contributed by atoms with Crippen molar-refractivity contribution < 1.29 is 9.90 Å². The van der Waals surface area contributed by atoms with Crippen molar-refractivity contribution in [1.29, 1.82) is 0 Å². The zero-order chi connectivity index (χ0) is 11.7. The lowest BCUT2D eigenvalue weighted by Crippen LogP contribution is -1.99. The van der Waals surface area contributed by atoms with Gasteiger partial charge in [-0.1, -0.05) is 11.6 Å². The zero-order valence-electron chi connectivity index (χ0n) is 8.40. The molecule has 0 saturated carbocycles. The summed E-state index contributed by atoms with van der Waals surface area (Å²) in [7, 11) is 0. The van der Waals surface area contributed by atoms with Gasteiger partial charge in [0.05, 0.1) is 16.1 Å². The van der Waals surface area contributed by atoms with E-state index in [1.165, 1.54) is 6.07 Å². The van der Waals surface area contributed by atoms with E-state index in [1.807, 2.05) is 18.4 Å². The van der Waals surface area contributed by atoms with E-state index in [4.69, 9.17) is 16.7 Å². The fourth-order valence-electron chi connectivity index (χ4n) is 1.30. The van der Waals surface area contributed by atoms with E-state index < -0.39 is 5.97 Å². The van der Waals surface area contributed by atoms with Gasteiger partial charge in [-0.2, -0.15) is 0 Å². The molecule has 3 nitrogen and oxygen atoms in total. The topological polar surface area (TPSA) is 50.2 Å². The lowest BCUT2D eigenvalue weighted by molar-refractivity contribution is 0.0696. The predicted octanol–water partition coefficient (Wildman–Crippen LogP) is 3.47. The number of aromatic nitrogens is 1. The molecule has 2 aromatic heterocycles. The Morgan fingerprint density at radius 2 is 2.25 bits per heavy atom. The molecule has 0 spiro atoms. The molecule has 1 N–H and O–H groups in total. The number of hydrogen-bond acceptors (Lipinski definition) is 3. The molecule has 0 aromatic carbocycles. The van der Waals surface area contributed by atoms with Crippen LogP contribution in [0.25, 0.3) is 10.6 Å². The highest BCUT2D eigenvalue weighted by molar-refractivity contribution is 7.13. The number of carbonyl (C=O) groups is 1. The van der Waals surface area contributed by atoms with Gasteiger partial charge in [-0.15, -0.1) is 11.3 Å². The van der Waals surface area contributed by atoms with Crippen LogP contribution in [0.15, 0.2) is 23.6 Å². The van der Waals surface area contributed by atoms with Crippen molar-refractivity contribution >= 4 is 28.9 Å². The molecule has 5 heteroatoms. The Morgan fingerprint density at radius 3 is 2.75 bits per heavy atom. The van der Waals surface area contributed by atoms with Crippen LogP contribution in [0.2, 0.25) is 5.15 Å². The zero-order valence-corrected chi connectivity index (χ0v) is 9.97. The van der Waals surface area contributed by atoms with Crippen LogP contribution in [-0.2, 0) is 0 Å². The highest BCUT2D eigenvalue weighted by Gasteiger charge is 2.11. The third kappa shape index (κ3) is 2.08. The van der Waals surface area contributed by atoms with Gasteiger partial charge in [0, 0.05) is 0 Å². The van der Waals surface area contributed by atoms with Gasteiger partial charge in [-0.25, -0.2) is 9.78 Å². The van der Waals surface area contributed by atoms with Gasteiger partial charge < -0.3 is 5.11 Å². The van der Waals surface area contributed by atoms with Crippen LogP contribution in [0, 0.1) is 6.92 Å². The highest BCUT2D eigenvalue weighted by atomic mass is 35.5. The number of aromatic carboxylic acids is 1. The van der Waals surface area contributed by atoms with Crippen molar-refractivity contribution in [3.63, 3.8) is 0 Å². The average molecular weight is 254 g/mol. The van der Waals surface area contributed by atoms with Gasteiger partial charge in [-0.05, 0) is 36.1 Å². The van der Waals surface area contributed by atoms with E-state index in [1.54, 1.807) is 17.4 Å². The van der Waals surface area contributed by atoms with Gasteiger partial charge in [0.2, 0.25) is 0 Å². The molecule has 82 valence electrons. The van der Waals surface area contributed by atoms with Gasteiger partial charge >= 0.3 is 5.97 Å². The maximum absolute atomic E-state index is 10.8. The van der Waals surface area contributed by atoms with E-state index in [-0.39, 0.29) is 10.7 Å². The Morgan fingerprint density at radius 1 is 1.50 bits per heavy atom. The molecular formula is C11H8ClNO2S. The molecule has 0 saturated heterocycles. The van der Waals surface area contributed by atoms with Crippen LogP contribution in [0.1, 0.15) is 15.9 Å². The molecule has 0 aliphatic heterocycles. The summed E-state index contributed by atoms with van der Waals surface area (Å²) in [5, 5.41) is 10.8. The lowest BCUT2D eigenvalue weighted by Gasteiger charge is -2.00. The molecule has 0 aliphatic rings. The standard InChI is InChI=1S/C11H8ClNO2S/c1-6-4-9(16-5-6)8-3-2-7(11(14)15)10(12)13-8/h2-5H,1H3,(H,14,15). The van der Waals surface area contributed by atoms with Crippen molar-refractivity contribution in [3.8, 4) is 10.6 Å². The molecule has 2 rings (SSSR count). The van der Waals surface area contributed by atoms with Crippen molar-refractivity contribution in [2.24, 2.45) is 0 Å². The van der Waals surface area contributed by atoms with Crippen LogP contribution in [0.4, 0.5) is 0 Å². The summed E-state index contributed by atoms with van der Waals surface area (Å²) in [4.78, 5) is 15.8. The van der Waals surface area contributed by atoms with Gasteiger partial charge in [0.25, 0.3) is 0 Å². The Labute approximate surface area is 101 Å². The first kappa shape index (κ1) is 11.1. The van der Waals surface area contributed by atoms with Crippen LogP contribution in [0.3, 0.4) is 0 Å². The highest BCUT2D eigenvalue weighted by Crippen LogP contribution is 2.27. The molecule has 2 aromatic rings. The number of hydrogen-bond donors (Lipinski definition) is 1. The average Bonchev–Trinajstić information content (AvgIpc) is 2.64. The normalized spacial score (nSPS) is 10.4. The van der Waals surface area contributed by atoms with Crippen LogP contribution in [0.5, 0.6) is 0 Å². The summed E-state index contributed by atoms with van der Waals surface area (Å²) in [5.41, 5.74) is 1.88. The van der Waals surface area contributed by atoms with Crippen LogP contribution in [-0.4, -0.2) is 16.1 Å². The first-order chi connectivity index (χ1) is 7.58. The van der Waals surface area contributed by atoms with Crippen molar-refractivity contribution in [3.05, 3.63) is 39.9 Å². The minimum atomic E-state index is -1.06. The number of rotatable bonds is 2. The Kier molecular flexibility index (Phi) is 2.94. The number of carboxylic acids is 1. The molecule has 0 unspecified atom stereocenters. The van der Waals surface area contributed by atoms with E-state index in [9.17, 15) is 4.79 Å².